The fourth-order valence-electron chi connectivity index (χ4n) is 2.49. The predicted octanol–water partition coefficient (Wildman–Crippen LogP) is 0.985. The van der Waals surface area contributed by atoms with Gasteiger partial charge in [0.2, 0.25) is 5.95 Å². The Morgan fingerprint density at radius 1 is 1.36 bits per heavy atom. The minimum absolute atomic E-state index is 0.0938. The van der Waals surface area contributed by atoms with Crippen molar-refractivity contribution >= 4 is 34.7 Å². The largest absolute Gasteiger partial charge is 0.497 e. The summed E-state index contributed by atoms with van der Waals surface area (Å²) in [5.74, 6) is 1.25. The molecule has 1 saturated heterocycles. The summed E-state index contributed by atoms with van der Waals surface area (Å²) in [7, 11) is 1.59. The summed E-state index contributed by atoms with van der Waals surface area (Å²) in [6, 6.07) is 7.17. The van der Waals surface area contributed by atoms with Crippen LogP contribution in [0.15, 0.2) is 29.1 Å². The standard InChI is InChI=1S/C16H19N5O3S/c1-23-11-4-2-10(3-5-11)18-15(25)12-13(17)19-16(20-14(12)22)21-6-8-24-9-7-21/h2-5H,6-9H2,1H3,(H,18,25)(H3,17,19,20,22). The maximum Gasteiger partial charge on any atom is 0.264 e. The zero-order valence-corrected chi connectivity index (χ0v) is 14.6. The monoisotopic (exact) mass is 361 g/mol. The van der Waals surface area contributed by atoms with Crippen LogP contribution < -0.4 is 26.2 Å². The van der Waals surface area contributed by atoms with Gasteiger partial charge in [0.25, 0.3) is 5.56 Å². The number of ether oxygens (including phenoxy) is 2. The molecule has 0 radical (unpaired) electrons. The molecule has 0 atom stereocenters. The second-order valence-electron chi connectivity index (χ2n) is 5.43. The normalized spacial score (nSPS) is 14.2. The Morgan fingerprint density at radius 2 is 2.04 bits per heavy atom. The predicted molar refractivity (Wildman–Crippen MR) is 101 cm³/mol. The second kappa shape index (κ2) is 7.49. The number of methoxy groups -OCH3 is 1. The van der Waals surface area contributed by atoms with Gasteiger partial charge in [-0.05, 0) is 24.3 Å². The van der Waals surface area contributed by atoms with Crippen LogP contribution in [-0.4, -0.2) is 48.4 Å². The minimum atomic E-state index is -0.375. The van der Waals surface area contributed by atoms with E-state index in [4.69, 9.17) is 27.4 Å². The van der Waals surface area contributed by atoms with Crippen LogP contribution in [0.1, 0.15) is 5.56 Å². The van der Waals surface area contributed by atoms with E-state index in [0.29, 0.717) is 32.3 Å². The Balaban J connectivity index is 1.81. The molecule has 0 saturated carbocycles. The van der Waals surface area contributed by atoms with Crippen LogP contribution in [0.4, 0.5) is 17.5 Å². The van der Waals surface area contributed by atoms with Crippen molar-refractivity contribution in [1.29, 1.82) is 0 Å². The van der Waals surface area contributed by atoms with Gasteiger partial charge in [-0.15, -0.1) is 0 Å². The van der Waals surface area contributed by atoms with E-state index in [-0.39, 0.29) is 21.9 Å². The van der Waals surface area contributed by atoms with Gasteiger partial charge in [0.1, 0.15) is 22.1 Å². The van der Waals surface area contributed by atoms with E-state index < -0.39 is 0 Å². The number of benzene rings is 1. The molecule has 0 aliphatic carbocycles. The lowest BCUT2D eigenvalue weighted by Crippen LogP contribution is -2.39. The first-order chi connectivity index (χ1) is 12.1. The molecule has 4 N–H and O–H groups in total. The number of nitrogens with two attached hydrogens (primary N) is 1. The summed E-state index contributed by atoms with van der Waals surface area (Å²) in [4.78, 5) is 21.6. The molecule has 1 aromatic heterocycles. The van der Waals surface area contributed by atoms with Gasteiger partial charge in [-0.3, -0.25) is 9.78 Å². The van der Waals surface area contributed by atoms with Gasteiger partial charge in [-0.1, -0.05) is 12.2 Å². The summed E-state index contributed by atoms with van der Waals surface area (Å²) in [6.07, 6.45) is 0. The molecule has 0 bridgehead atoms. The zero-order chi connectivity index (χ0) is 17.8. The van der Waals surface area contributed by atoms with E-state index in [9.17, 15) is 4.79 Å². The van der Waals surface area contributed by atoms with Crippen LogP contribution in [0.3, 0.4) is 0 Å². The average molecular weight is 361 g/mol. The molecular formula is C16H19N5O3S. The highest BCUT2D eigenvalue weighted by Gasteiger charge is 2.18. The molecule has 25 heavy (non-hydrogen) atoms. The van der Waals surface area contributed by atoms with Gasteiger partial charge in [0, 0.05) is 18.8 Å². The number of rotatable bonds is 4. The molecule has 0 spiro atoms. The number of nitrogens with zero attached hydrogens (tertiary/aromatic N) is 2. The molecule has 9 heteroatoms. The van der Waals surface area contributed by atoms with E-state index in [1.54, 1.807) is 31.4 Å². The number of nitrogens with one attached hydrogen (secondary N) is 2. The first-order valence-electron chi connectivity index (χ1n) is 7.76. The Morgan fingerprint density at radius 3 is 2.64 bits per heavy atom. The molecule has 3 rings (SSSR count). The van der Waals surface area contributed by atoms with Gasteiger partial charge in [-0.2, -0.15) is 4.98 Å². The number of aromatic nitrogens is 2. The topological polar surface area (TPSA) is 106 Å². The van der Waals surface area contributed by atoms with Crippen molar-refractivity contribution < 1.29 is 9.47 Å². The van der Waals surface area contributed by atoms with Crippen LogP contribution in [0.25, 0.3) is 0 Å². The number of hydrogen-bond donors (Lipinski definition) is 3. The van der Waals surface area contributed by atoms with Crippen LogP contribution in [0, 0.1) is 0 Å². The van der Waals surface area contributed by atoms with E-state index in [1.165, 1.54) is 0 Å². The summed E-state index contributed by atoms with van der Waals surface area (Å²) in [6.45, 7) is 2.47. The third-order valence-electron chi connectivity index (χ3n) is 3.82. The number of aromatic amines is 1. The number of anilines is 3. The molecule has 132 valence electrons. The number of H-pyrrole nitrogens is 1. The highest BCUT2D eigenvalue weighted by Crippen LogP contribution is 2.17. The minimum Gasteiger partial charge on any atom is -0.497 e. The van der Waals surface area contributed by atoms with Crippen molar-refractivity contribution in [2.45, 2.75) is 0 Å². The zero-order valence-electron chi connectivity index (χ0n) is 13.7. The summed E-state index contributed by atoms with van der Waals surface area (Å²) >= 11 is 5.32. The molecule has 0 amide bonds. The lowest BCUT2D eigenvalue weighted by atomic mass is 10.2. The van der Waals surface area contributed by atoms with Crippen molar-refractivity contribution in [3.8, 4) is 5.75 Å². The molecule has 2 aromatic rings. The lowest BCUT2D eigenvalue weighted by Gasteiger charge is -2.27. The Labute approximate surface area is 150 Å². The van der Waals surface area contributed by atoms with E-state index in [2.05, 4.69) is 15.3 Å². The van der Waals surface area contributed by atoms with Gasteiger partial charge < -0.3 is 25.4 Å². The highest BCUT2D eigenvalue weighted by molar-refractivity contribution is 7.81. The lowest BCUT2D eigenvalue weighted by molar-refractivity contribution is 0.122. The van der Waals surface area contributed by atoms with E-state index in [0.717, 1.165) is 11.4 Å². The molecule has 0 unspecified atom stereocenters. The van der Waals surface area contributed by atoms with Crippen LogP contribution in [0.2, 0.25) is 0 Å². The Bertz CT molecular complexity index is 816. The average Bonchev–Trinajstić information content (AvgIpc) is 2.62. The molecule has 1 aliphatic heterocycles. The Kier molecular flexibility index (Phi) is 5.15. The number of hydrogen-bond acceptors (Lipinski definition) is 7. The number of morpholine rings is 1. The van der Waals surface area contributed by atoms with Gasteiger partial charge in [0.05, 0.1) is 20.3 Å². The third kappa shape index (κ3) is 3.89. The van der Waals surface area contributed by atoms with Crippen LogP contribution in [0.5, 0.6) is 5.75 Å². The number of thiocarbonyl (C=S) groups is 1. The second-order valence-corrected chi connectivity index (χ2v) is 5.84. The van der Waals surface area contributed by atoms with Crippen molar-refractivity contribution in [2.75, 3.05) is 49.4 Å². The quantitative estimate of drug-likeness (QED) is 0.692. The van der Waals surface area contributed by atoms with E-state index in [1.807, 2.05) is 4.90 Å². The van der Waals surface area contributed by atoms with Crippen molar-refractivity contribution in [2.24, 2.45) is 0 Å². The molecule has 1 aromatic carbocycles. The molecule has 1 aliphatic rings. The first kappa shape index (κ1) is 17.2. The van der Waals surface area contributed by atoms with Crippen molar-refractivity contribution in [3.63, 3.8) is 0 Å². The fraction of sp³-hybridized carbons (Fsp3) is 0.312. The third-order valence-corrected chi connectivity index (χ3v) is 4.13. The summed E-state index contributed by atoms with van der Waals surface area (Å²) in [5, 5.41) is 2.99. The summed E-state index contributed by atoms with van der Waals surface area (Å²) in [5.41, 5.74) is 6.50. The fourth-order valence-corrected chi connectivity index (χ4v) is 2.81. The number of nitrogen functional groups attached to an aromatic ring is 1. The maximum absolute atomic E-state index is 12.5. The van der Waals surface area contributed by atoms with Gasteiger partial charge in [-0.25, -0.2) is 0 Å². The Hall–Kier alpha value is -2.65. The highest BCUT2D eigenvalue weighted by atomic mass is 32.1. The maximum atomic E-state index is 12.5. The molecule has 8 nitrogen and oxygen atoms in total. The van der Waals surface area contributed by atoms with E-state index >= 15 is 0 Å². The smallest absolute Gasteiger partial charge is 0.264 e. The van der Waals surface area contributed by atoms with Crippen molar-refractivity contribution in [1.82, 2.24) is 9.97 Å². The van der Waals surface area contributed by atoms with Crippen LogP contribution >= 0.6 is 12.2 Å². The molecule has 1 fully saturated rings. The first-order valence-corrected chi connectivity index (χ1v) is 8.17. The molecule has 2 heterocycles. The van der Waals surface area contributed by atoms with Crippen molar-refractivity contribution in [3.05, 3.63) is 40.2 Å². The van der Waals surface area contributed by atoms with Gasteiger partial charge in [0.15, 0.2) is 0 Å². The van der Waals surface area contributed by atoms with Crippen LogP contribution in [-0.2, 0) is 4.74 Å². The van der Waals surface area contributed by atoms with Gasteiger partial charge >= 0.3 is 0 Å². The molecular weight excluding hydrogens is 342 g/mol. The SMILES string of the molecule is COc1ccc(NC(=S)c2c(N)nc(N3CCOCC3)[nH]c2=O)cc1. The summed E-state index contributed by atoms with van der Waals surface area (Å²) < 4.78 is 10.4.